The number of hydrogen-bond acceptors (Lipinski definition) is 3. The maximum Gasteiger partial charge on any atom is 0.257 e. The number of H-pyrrole nitrogens is 1. The van der Waals surface area contributed by atoms with Gasteiger partial charge in [0.15, 0.2) is 5.43 Å². The van der Waals surface area contributed by atoms with Crippen LogP contribution in [0.15, 0.2) is 35.4 Å². The molecule has 2 aromatic rings. The van der Waals surface area contributed by atoms with E-state index in [9.17, 15) is 23.5 Å². The smallest absolute Gasteiger partial charge is 0.257 e. The van der Waals surface area contributed by atoms with Gasteiger partial charge >= 0.3 is 0 Å². The van der Waals surface area contributed by atoms with Crippen molar-refractivity contribution in [3.63, 3.8) is 0 Å². The number of aromatic amines is 1. The zero-order valence-electron chi connectivity index (χ0n) is 11.7. The van der Waals surface area contributed by atoms with E-state index in [1.54, 1.807) is 0 Å². The number of aryl methyl sites for hydroxylation is 1. The van der Waals surface area contributed by atoms with Crippen LogP contribution < -0.4 is 10.7 Å². The summed E-state index contributed by atoms with van der Waals surface area (Å²) in [4.78, 5) is 26.6. The molecule has 0 aliphatic carbocycles. The van der Waals surface area contributed by atoms with Gasteiger partial charge in [0.1, 0.15) is 17.2 Å². The second kappa shape index (κ2) is 6.48. The third kappa shape index (κ3) is 3.04. The van der Waals surface area contributed by atoms with Crippen molar-refractivity contribution in [2.45, 2.75) is 13.0 Å². The molecule has 22 heavy (non-hydrogen) atoms. The highest BCUT2D eigenvalue weighted by molar-refractivity contribution is 5.94. The van der Waals surface area contributed by atoms with Gasteiger partial charge in [0.2, 0.25) is 0 Å². The van der Waals surface area contributed by atoms with E-state index in [4.69, 9.17) is 0 Å². The number of aromatic nitrogens is 1. The highest BCUT2D eigenvalue weighted by atomic mass is 19.1. The Morgan fingerprint density at radius 3 is 2.55 bits per heavy atom. The number of hydrogen-bond donors (Lipinski definition) is 3. The molecule has 0 saturated heterocycles. The van der Waals surface area contributed by atoms with Crippen molar-refractivity contribution < 1.29 is 18.7 Å². The van der Waals surface area contributed by atoms with E-state index < -0.39 is 41.2 Å². The van der Waals surface area contributed by atoms with Crippen LogP contribution in [0.1, 0.15) is 27.5 Å². The first-order valence-corrected chi connectivity index (χ1v) is 6.49. The molecular weight excluding hydrogens is 294 g/mol. The first-order chi connectivity index (χ1) is 10.5. The lowest BCUT2D eigenvalue weighted by Gasteiger charge is -2.18. The van der Waals surface area contributed by atoms with Crippen molar-refractivity contribution in [1.82, 2.24) is 10.3 Å². The summed E-state index contributed by atoms with van der Waals surface area (Å²) >= 11 is 0. The van der Waals surface area contributed by atoms with Crippen LogP contribution in [0.3, 0.4) is 0 Å². The van der Waals surface area contributed by atoms with Gasteiger partial charge < -0.3 is 15.4 Å². The second-order valence-corrected chi connectivity index (χ2v) is 4.73. The van der Waals surface area contributed by atoms with Crippen molar-refractivity contribution in [2.75, 3.05) is 6.61 Å². The van der Waals surface area contributed by atoms with E-state index in [0.29, 0.717) is 5.56 Å². The molecule has 0 bridgehead atoms. The molecule has 2 rings (SSSR count). The number of carbonyl (C=O) groups is 1. The standard InChI is InChI=1S/C15H14F2N2O3/c1-8-5-18-6-9(14(8)21)15(22)19-12(7-20)13-10(16)3-2-4-11(13)17/h2-6,12,20H,7H2,1H3,(H,18,21)(H,19,22). The fraction of sp³-hybridized carbons (Fsp3) is 0.200. The van der Waals surface area contributed by atoms with Gasteiger partial charge in [0, 0.05) is 23.5 Å². The highest BCUT2D eigenvalue weighted by Gasteiger charge is 2.23. The van der Waals surface area contributed by atoms with Crippen LogP contribution in [0.25, 0.3) is 0 Å². The molecule has 1 aromatic carbocycles. The summed E-state index contributed by atoms with van der Waals surface area (Å²) < 4.78 is 27.4. The molecule has 1 aromatic heterocycles. The number of amides is 1. The molecule has 0 spiro atoms. The highest BCUT2D eigenvalue weighted by Crippen LogP contribution is 2.20. The van der Waals surface area contributed by atoms with Gasteiger partial charge in [-0.15, -0.1) is 0 Å². The molecule has 1 atom stereocenters. The van der Waals surface area contributed by atoms with Crippen molar-refractivity contribution in [2.24, 2.45) is 0 Å². The van der Waals surface area contributed by atoms with Crippen LogP contribution >= 0.6 is 0 Å². The predicted octanol–water partition coefficient (Wildman–Crippen LogP) is 1.42. The summed E-state index contributed by atoms with van der Waals surface area (Å²) in [5.74, 6) is -2.61. The SMILES string of the molecule is Cc1c[nH]cc(C(=O)NC(CO)c2c(F)cccc2F)c1=O. The summed E-state index contributed by atoms with van der Waals surface area (Å²) in [7, 11) is 0. The summed E-state index contributed by atoms with van der Waals surface area (Å²) in [6.07, 6.45) is 2.62. The minimum absolute atomic E-state index is 0.199. The molecule has 0 aliphatic rings. The molecule has 0 fully saturated rings. The lowest BCUT2D eigenvalue weighted by atomic mass is 10.1. The van der Waals surface area contributed by atoms with Crippen molar-refractivity contribution in [1.29, 1.82) is 0 Å². The monoisotopic (exact) mass is 308 g/mol. The molecule has 0 saturated carbocycles. The third-order valence-electron chi connectivity index (χ3n) is 3.21. The maximum atomic E-state index is 13.7. The molecule has 0 radical (unpaired) electrons. The fourth-order valence-electron chi connectivity index (χ4n) is 2.05. The van der Waals surface area contributed by atoms with Gasteiger partial charge in [0.05, 0.1) is 12.6 Å². The molecule has 5 nitrogen and oxygen atoms in total. The second-order valence-electron chi connectivity index (χ2n) is 4.73. The maximum absolute atomic E-state index is 13.7. The fourth-order valence-corrected chi connectivity index (χ4v) is 2.05. The number of rotatable bonds is 4. The molecule has 1 heterocycles. The van der Waals surface area contributed by atoms with Crippen molar-refractivity contribution >= 4 is 5.91 Å². The third-order valence-corrected chi connectivity index (χ3v) is 3.21. The zero-order chi connectivity index (χ0) is 16.3. The van der Waals surface area contributed by atoms with Gasteiger partial charge in [0.25, 0.3) is 5.91 Å². The minimum Gasteiger partial charge on any atom is -0.394 e. The topological polar surface area (TPSA) is 82.2 Å². The Morgan fingerprint density at radius 2 is 1.95 bits per heavy atom. The van der Waals surface area contributed by atoms with E-state index in [1.165, 1.54) is 25.4 Å². The summed E-state index contributed by atoms with van der Waals surface area (Å²) in [5.41, 5.74) is -0.829. The molecule has 1 amide bonds. The first-order valence-electron chi connectivity index (χ1n) is 6.49. The van der Waals surface area contributed by atoms with Crippen LogP contribution in [-0.2, 0) is 0 Å². The largest absolute Gasteiger partial charge is 0.394 e. The summed E-state index contributed by atoms with van der Waals surface area (Å²) in [6.45, 7) is 0.809. The van der Waals surface area contributed by atoms with Crippen LogP contribution in [0.2, 0.25) is 0 Å². The Labute approximate surface area is 124 Å². The van der Waals surface area contributed by atoms with E-state index in [1.807, 2.05) is 0 Å². The van der Waals surface area contributed by atoms with Crippen molar-refractivity contribution in [3.05, 3.63) is 69.1 Å². The Bertz CT molecular complexity index is 738. The Hall–Kier alpha value is -2.54. The van der Waals surface area contributed by atoms with E-state index >= 15 is 0 Å². The number of halogens is 2. The normalized spacial score (nSPS) is 12.0. The molecule has 0 aliphatic heterocycles. The Morgan fingerprint density at radius 1 is 1.32 bits per heavy atom. The Balaban J connectivity index is 2.33. The average Bonchev–Trinajstić information content (AvgIpc) is 2.48. The lowest BCUT2D eigenvalue weighted by molar-refractivity contribution is 0.0912. The van der Waals surface area contributed by atoms with Crippen LogP contribution in [0.4, 0.5) is 8.78 Å². The van der Waals surface area contributed by atoms with Crippen LogP contribution in [-0.4, -0.2) is 22.6 Å². The molecule has 116 valence electrons. The quantitative estimate of drug-likeness (QED) is 0.799. The number of benzene rings is 1. The van der Waals surface area contributed by atoms with Gasteiger partial charge in [-0.1, -0.05) is 6.07 Å². The predicted molar refractivity (Wildman–Crippen MR) is 75.5 cm³/mol. The number of nitrogens with one attached hydrogen (secondary N) is 2. The summed E-state index contributed by atoms with van der Waals surface area (Å²) in [6, 6.07) is 1.92. The molecule has 1 unspecified atom stereocenters. The van der Waals surface area contributed by atoms with Crippen LogP contribution in [0, 0.1) is 18.6 Å². The van der Waals surface area contributed by atoms with E-state index in [0.717, 1.165) is 12.1 Å². The van der Waals surface area contributed by atoms with E-state index in [2.05, 4.69) is 10.3 Å². The number of aliphatic hydroxyl groups is 1. The van der Waals surface area contributed by atoms with Gasteiger partial charge in [-0.3, -0.25) is 9.59 Å². The molecular formula is C15H14F2N2O3. The number of pyridine rings is 1. The van der Waals surface area contributed by atoms with Gasteiger partial charge in [-0.25, -0.2) is 8.78 Å². The van der Waals surface area contributed by atoms with Gasteiger partial charge in [-0.2, -0.15) is 0 Å². The summed E-state index contributed by atoms with van der Waals surface area (Å²) in [5, 5.41) is 11.6. The first kappa shape index (κ1) is 15.8. The van der Waals surface area contributed by atoms with Gasteiger partial charge in [-0.05, 0) is 19.1 Å². The van der Waals surface area contributed by atoms with Crippen LogP contribution in [0.5, 0.6) is 0 Å². The van der Waals surface area contributed by atoms with E-state index in [-0.39, 0.29) is 5.56 Å². The number of carbonyl (C=O) groups excluding carboxylic acids is 1. The lowest BCUT2D eigenvalue weighted by Crippen LogP contribution is -2.35. The zero-order valence-corrected chi connectivity index (χ0v) is 11.7. The minimum atomic E-state index is -1.30. The number of aliphatic hydroxyl groups excluding tert-OH is 1. The molecule has 3 N–H and O–H groups in total. The average molecular weight is 308 g/mol. The Kier molecular flexibility index (Phi) is 4.67. The van der Waals surface area contributed by atoms with Crippen molar-refractivity contribution in [3.8, 4) is 0 Å². The molecule has 7 heteroatoms.